The fraction of sp³-hybridized carbons (Fsp3) is 0.333. The zero-order valence-electron chi connectivity index (χ0n) is 17.7. The number of methoxy groups -OCH3 is 1. The first-order valence-electron chi connectivity index (χ1n) is 10.1. The van der Waals surface area contributed by atoms with Gasteiger partial charge in [0, 0.05) is 18.3 Å². The summed E-state index contributed by atoms with van der Waals surface area (Å²) in [5.41, 5.74) is 9.42. The van der Waals surface area contributed by atoms with Crippen molar-refractivity contribution in [2.24, 2.45) is 5.73 Å². The van der Waals surface area contributed by atoms with Crippen LogP contribution in [-0.4, -0.2) is 32.1 Å². The highest BCUT2D eigenvalue weighted by atomic mass is 16.5. The molecule has 1 aliphatic heterocycles. The van der Waals surface area contributed by atoms with Gasteiger partial charge in [0.25, 0.3) is 11.8 Å². The van der Waals surface area contributed by atoms with E-state index in [1.165, 1.54) is 18.2 Å². The van der Waals surface area contributed by atoms with Crippen LogP contribution in [0.4, 0.5) is 5.69 Å². The van der Waals surface area contributed by atoms with E-state index in [2.05, 4.69) is 32.0 Å². The van der Waals surface area contributed by atoms with Crippen LogP contribution in [0, 0.1) is 0 Å². The van der Waals surface area contributed by atoms with Gasteiger partial charge in [0.05, 0.1) is 7.11 Å². The number of nitrogens with two attached hydrogens (primary N) is 1. The average Bonchev–Trinajstić information content (AvgIpc) is 2.75. The number of anilines is 1. The number of hydrogen-bond donors (Lipinski definition) is 1. The summed E-state index contributed by atoms with van der Waals surface area (Å²) in [4.78, 5) is 25.6. The first-order valence-corrected chi connectivity index (χ1v) is 10.1. The van der Waals surface area contributed by atoms with E-state index in [4.69, 9.17) is 15.2 Å². The van der Waals surface area contributed by atoms with Gasteiger partial charge in [-0.05, 0) is 59.7 Å². The van der Waals surface area contributed by atoms with Crippen molar-refractivity contribution in [3.63, 3.8) is 0 Å². The van der Waals surface area contributed by atoms with E-state index in [1.807, 2.05) is 4.90 Å². The summed E-state index contributed by atoms with van der Waals surface area (Å²) in [6.07, 6.45) is 5.27. The van der Waals surface area contributed by atoms with Gasteiger partial charge >= 0.3 is 0 Å². The van der Waals surface area contributed by atoms with Gasteiger partial charge in [-0.25, -0.2) is 0 Å². The van der Waals surface area contributed by atoms with Crippen molar-refractivity contribution in [1.29, 1.82) is 0 Å². The van der Waals surface area contributed by atoms with E-state index in [0.29, 0.717) is 24.0 Å². The Balaban J connectivity index is 1.76. The summed E-state index contributed by atoms with van der Waals surface area (Å²) < 4.78 is 10.6. The number of benzene rings is 2. The Morgan fingerprint density at radius 3 is 2.67 bits per heavy atom. The topological polar surface area (TPSA) is 81.9 Å². The summed E-state index contributed by atoms with van der Waals surface area (Å²) >= 11 is 0. The fourth-order valence-electron chi connectivity index (χ4n) is 3.52. The van der Waals surface area contributed by atoms with Crippen molar-refractivity contribution >= 4 is 23.6 Å². The largest absolute Gasteiger partial charge is 0.493 e. The lowest BCUT2D eigenvalue weighted by molar-refractivity contribution is -0.120. The molecule has 3 rings (SSSR count). The van der Waals surface area contributed by atoms with Crippen LogP contribution >= 0.6 is 0 Å². The molecule has 0 bridgehead atoms. The number of aryl methyl sites for hydroxylation is 1. The summed E-state index contributed by atoms with van der Waals surface area (Å²) in [7, 11) is 1.52. The number of ether oxygens (including phenoxy) is 2. The van der Waals surface area contributed by atoms with Crippen LogP contribution in [0.25, 0.3) is 6.08 Å². The standard InChI is InChI=1S/C24H28N2O4/c1-16(2)18-8-9-20-19(14-18)5-4-12-26(20)24(28)11-7-17-6-10-21(22(13-17)29-3)30-15-23(25)27/h6-11,13-14,16H,4-5,12,15H2,1-3H3,(H2,25,27)/b11-7+. The first kappa shape index (κ1) is 21.4. The summed E-state index contributed by atoms with van der Waals surface area (Å²) in [5.74, 6) is 0.738. The predicted octanol–water partition coefficient (Wildman–Crippen LogP) is 3.68. The number of hydrogen-bond acceptors (Lipinski definition) is 4. The molecule has 2 N–H and O–H groups in total. The Morgan fingerprint density at radius 1 is 1.17 bits per heavy atom. The Labute approximate surface area is 177 Å². The molecule has 2 aromatic rings. The molecular formula is C24H28N2O4. The lowest BCUT2D eigenvalue weighted by Crippen LogP contribution is -2.34. The van der Waals surface area contributed by atoms with E-state index < -0.39 is 5.91 Å². The van der Waals surface area contributed by atoms with Gasteiger partial charge < -0.3 is 20.1 Å². The Bertz CT molecular complexity index is 966. The van der Waals surface area contributed by atoms with E-state index in [-0.39, 0.29) is 12.5 Å². The van der Waals surface area contributed by atoms with Gasteiger partial charge in [-0.2, -0.15) is 0 Å². The highest BCUT2D eigenvalue weighted by molar-refractivity contribution is 6.04. The number of rotatable bonds is 7. The smallest absolute Gasteiger partial charge is 0.255 e. The van der Waals surface area contributed by atoms with Crippen molar-refractivity contribution in [1.82, 2.24) is 0 Å². The Kier molecular flexibility index (Phi) is 6.77. The maximum absolute atomic E-state index is 12.9. The predicted molar refractivity (Wildman–Crippen MR) is 118 cm³/mol. The lowest BCUT2D eigenvalue weighted by Gasteiger charge is -2.29. The maximum Gasteiger partial charge on any atom is 0.255 e. The third kappa shape index (κ3) is 5.00. The minimum atomic E-state index is -0.561. The van der Waals surface area contributed by atoms with Crippen LogP contribution in [0.2, 0.25) is 0 Å². The molecule has 2 amide bonds. The second-order valence-corrected chi connectivity index (χ2v) is 7.63. The van der Waals surface area contributed by atoms with Crippen molar-refractivity contribution in [3.8, 4) is 11.5 Å². The number of amides is 2. The second-order valence-electron chi connectivity index (χ2n) is 7.63. The molecule has 0 aliphatic carbocycles. The van der Waals surface area contributed by atoms with Crippen LogP contribution < -0.4 is 20.1 Å². The molecule has 1 aliphatic rings. The molecule has 1 heterocycles. The van der Waals surface area contributed by atoms with Crippen LogP contribution in [0.1, 0.15) is 42.9 Å². The molecule has 0 spiro atoms. The number of fused-ring (bicyclic) bond motifs is 1. The van der Waals surface area contributed by atoms with E-state index in [9.17, 15) is 9.59 Å². The first-order chi connectivity index (χ1) is 14.4. The SMILES string of the molecule is COc1cc(/C=C/C(=O)N2CCCc3cc(C(C)C)ccc32)ccc1OCC(N)=O. The molecule has 158 valence electrons. The number of carbonyl (C=O) groups is 2. The van der Waals surface area contributed by atoms with E-state index >= 15 is 0 Å². The van der Waals surface area contributed by atoms with Crippen LogP contribution in [0.3, 0.4) is 0 Å². The molecule has 0 saturated heterocycles. The van der Waals surface area contributed by atoms with Crippen LogP contribution in [0.15, 0.2) is 42.5 Å². The zero-order chi connectivity index (χ0) is 21.7. The van der Waals surface area contributed by atoms with Gasteiger partial charge in [0.1, 0.15) is 0 Å². The number of nitrogens with zero attached hydrogens (tertiary/aromatic N) is 1. The van der Waals surface area contributed by atoms with Crippen molar-refractivity contribution < 1.29 is 19.1 Å². The van der Waals surface area contributed by atoms with Crippen molar-refractivity contribution in [3.05, 3.63) is 59.2 Å². The van der Waals surface area contributed by atoms with Gasteiger partial charge in [0.15, 0.2) is 18.1 Å². The van der Waals surface area contributed by atoms with E-state index in [1.54, 1.807) is 30.4 Å². The van der Waals surface area contributed by atoms with Gasteiger partial charge in [0.2, 0.25) is 0 Å². The molecule has 0 aromatic heterocycles. The fourth-order valence-corrected chi connectivity index (χ4v) is 3.52. The molecular weight excluding hydrogens is 380 g/mol. The van der Waals surface area contributed by atoms with Crippen LogP contribution in [-0.2, 0) is 16.0 Å². The molecule has 6 heteroatoms. The van der Waals surface area contributed by atoms with Crippen molar-refractivity contribution in [2.45, 2.75) is 32.6 Å². The maximum atomic E-state index is 12.9. The lowest BCUT2D eigenvalue weighted by atomic mass is 9.94. The normalized spacial score (nSPS) is 13.4. The third-order valence-electron chi connectivity index (χ3n) is 5.13. The average molecular weight is 408 g/mol. The van der Waals surface area contributed by atoms with Crippen LogP contribution in [0.5, 0.6) is 11.5 Å². The summed E-state index contributed by atoms with van der Waals surface area (Å²) in [6.45, 7) is 4.83. The number of primary amides is 1. The molecule has 6 nitrogen and oxygen atoms in total. The molecule has 0 atom stereocenters. The van der Waals surface area contributed by atoms with Gasteiger partial charge in [-0.3, -0.25) is 9.59 Å². The third-order valence-corrected chi connectivity index (χ3v) is 5.13. The molecule has 30 heavy (non-hydrogen) atoms. The summed E-state index contributed by atoms with van der Waals surface area (Å²) in [6, 6.07) is 11.6. The zero-order valence-corrected chi connectivity index (χ0v) is 17.7. The molecule has 2 aromatic carbocycles. The van der Waals surface area contributed by atoms with Crippen molar-refractivity contribution in [2.75, 3.05) is 25.2 Å². The number of carbonyl (C=O) groups excluding carboxylic acids is 2. The Morgan fingerprint density at radius 2 is 1.97 bits per heavy atom. The monoisotopic (exact) mass is 408 g/mol. The second kappa shape index (κ2) is 9.48. The molecule has 0 radical (unpaired) electrons. The Hall–Kier alpha value is -3.28. The minimum absolute atomic E-state index is 0.0544. The minimum Gasteiger partial charge on any atom is -0.493 e. The molecule has 0 saturated carbocycles. The quantitative estimate of drug-likeness (QED) is 0.709. The molecule has 0 fully saturated rings. The highest BCUT2D eigenvalue weighted by Crippen LogP contribution is 2.31. The molecule has 0 unspecified atom stereocenters. The van der Waals surface area contributed by atoms with E-state index in [0.717, 1.165) is 24.1 Å². The van der Waals surface area contributed by atoms with Gasteiger partial charge in [-0.1, -0.05) is 32.0 Å². The van der Waals surface area contributed by atoms with Gasteiger partial charge in [-0.15, -0.1) is 0 Å². The highest BCUT2D eigenvalue weighted by Gasteiger charge is 2.21. The summed E-state index contributed by atoms with van der Waals surface area (Å²) in [5, 5.41) is 0.